The van der Waals surface area contributed by atoms with Crippen molar-refractivity contribution in [2.24, 2.45) is 17.8 Å². The Labute approximate surface area is 115 Å². The smallest absolute Gasteiger partial charge is 0.123 e. The minimum atomic E-state index is -0.0958. The zero-order valence-electron chi connectivity index (χ0n) is 12.0. The molecule has 0 saturated heterocycles. The van der Waals surface area contributed by atoms with Crippen molar-refractivity contribution in [3.8, 4) is 0 Å². The molecule has 0 spiro atoms. The minimum Gasteiger partial charge on any atom is -0.310 e. The lowest BCUT2D eigenvalue weighted by Gasteiger charge is -2.19. The number of aryl methyl sites for hydroxylation is 1. The van der Waals surface area contributed by atoms with Crippen LogP contribution in [0.25, 0.3) is 0 Å². The summed E-state index contributed by atoms with van der Waals surface area (Å²) in [5.41, 5.74) is 2.18. The van der Waals surface area contributed by atoms with Crippen LogP contribution < -0.4 is 5.32 Å². The fraction of sp³-hybridized carbons (Fsp3) is 0.647. The number of rotatable bonds is 4. The molecule has 2 aliphatic carbocycles. The van der Waals surface area contributed by atoms with Crippen LogP contribution in [0.15, 0.2) is 18.2 Å². The van der Waals surface area contributed by atoms with E-state index in [9.17, 15) is 4.39 Å². The summed E-state index contributed by atoms with van der Waals surface area (Å²) in [6.07, 6.45) is 5.54. The normalized spacial score (nSPS) is 30.8. The van der Waals surface area contributed by atoms with Gasteiger partial charge in [0.2, 0.25) is 0 Å². The molecule has 0 aliphatic heterocycles. The Morgan fingerprint density at radius 1 is 1.21 bits per heavy atom. The summed E-state index contributed by atoms with van der Waals surface area (Å²) in [7, 11) is 0. The Balaban J connectivity index is 1.84. The molecule has 19 heavy (non-hydrogen) atoms. The van der Waals surface area contributed by atoms with E-state index in [1.165, 1.54) is 25.7 Å². The van der Waals surface area contributed by atoms with Gasteiger partial charge in [-0.25, -0.2) is 4.39 Å². The summed E-state index contributed by atoms with van der Waals surface area (Å²) in [6.45, 7) is 5.08. The van der Waals surface area contributed by atoms with Gasteiger partial charge in [0.25, 0.3) is 0 Å². The first-order chi connectivity index (χ1) is 9.20. The lowest BCUT2D eigenvalue weighted by molar-refractivity contribution is 0.454. The summed E-state index contributed by atoms with van der Waals surface area (Å²) in [6, 6.07) is 5.85. The van der Waals surface area contributed by atoms with Gasteiger partial charge in [0.05, 0.1) is 0 Å². The van der Waals surface area contributed by atoms with Gasteiger partial charge in [-0.3, -0.25) is 0 Å². The van der Waals surface area contributed by atoms with Gasteiger partial charge in [-0.2, -0.15) is 0 Å². The highest BCUT2D eigenvalue weighted by Gasteiger charge is 2.54. The van der Waals surface area contributed by atoms with E-state index in [1.54, 1.807) is 12.1 Å². The fourth-order valence-corrected chi connectivity index (χ4v) is 4.18. The number of hydrogen-bond acceptors (Lipinski definition) is 1. The molecule has 1 nitrogen and oxygen atoms in total. The van der Waals surface area contributed by atoms with Crippen molar-refractivity contribution in [1.29, 1.82) is 0 Å². The minimum absolute atomic E-state index is 0.0958. The van der Waals surface area contributed by atoms with Crippen LogP contribution in [0.4, 0.5) is 4.39 Å². The van der Waals surface area contributed by atoms with Crippen LogP contribution in [0, 0.1) is 30.5 Å². The third-order valence-electron chi connectivity index (χ3n) is 4.96. The molecule has 104 valence electrons. The standard InChI is InChI=1S/C17H24FN/c1-3-19-17(12-8-11(2)9-13(18)10-12)16-14-6-4-5-7-15(14)16/h8-10,14-17,19H,3-7H2,1-2H3. The molecule has 3 unspecified atom stereocenters. The molecule has 0 bridgehead atoms. The van der Waals surface area contributed by atoms with Crippen molar-refractivity contribution >= 4 is 0 Å². The van der Waals surface area contributed by atoms with Gasteiger partial charge < -0.3 is 5.32 Å². The second-order valence-corrected chi connectivity index (χ2v) is 6.29. The highest BCUT2D eigenvalue weighted by Crippen LogP contribution is 2.60. The van der Waals surface area contributed by atoms with Crippen LogP contribution in [0.1, 0.15) is 49.8 Å². The average molecular weight is 261 g/mol. The highest BCUT2D eigenvalue weighted by molar-refractivity contribution is 5.29. The zero-order valence-corrected chi connectivity index (χ0v) is 12.0. The number of benzene rings is 1. The van der Waals surface area contributed by atoms with E-state index < -0.39 is 0 Å². The molecule has 2 heteroatoms. The Morgan fingerprint density at radius 2 is 1.89 bits per heavy atom. The van der Waals surface area contributed by atoms with Gasteiger partial charge in [-0.05, 0) is 67.3 Å². The van der Waals surface area contributed by atoms with Gasteiger partial charge >= 0.3 is 0 Å². The maximum absolute atomic E-state index is 13.7. The van der Waals surface area contributed by atoms with Crippen molar-refractivity contribution in [1.82, 2.24) is 5.32 Å². The van der Waals surface area contributed by atoms with Crippen molar-refractivity contribution in [3.63, 3.8) is 0 Å². The average Bonchev–Trinajstić information content (AvgIpc) is 3.09. The molecule has 0 amide bonds. The fourth-order valence-electron chi connectivity index (χ4n) is 4.18. The Bertz CT molecular complexity index is 424. The van der Waals surface area contributed by atoms with Gasteiger partial charge in [-0.15, -0.1) is 0 Å². The van der Waals surface area contributed by atoms with Crippen molar-refractivity contribution < 1.29 is 4.39 Å². The van der Waals surface area contributed by atoms with E-state index >= 15 is 0 Å². The summed E-state index contributed by atoms with van der Waals surface area (Å²) in [4.78, 5) is 0. The molecular formula is C17H24FN. The predicted molar refractivity (Wildman–Crippen MR) is 76.5 cm³/mol. The summed E-state index contributed by atoms with van der Waals surface area (Å²) >= 11 is 0. The van der Waals surface area contributed by atoms with Crippen molar-refractivity contribution in [2.45, 2.75) is 45.6 Å². The molecule has 0 heterocycles. The summed E-state index contributed by atoms with van der Waals surface area (Å²) in [5.74, 6) is 2.42. The second-order valence-electron chi connectivity index (χ2n) is 6.29. The third-order valence-corrected chi connectivity index (χ3v) is 4.96. The molecule has 3 atom stereocenters. The molecule has 2 fully saturated rings. The van der Waals surface area contributed by atoms with Gasteiger partial charge in [0, 0.05) is 6.04 Å². The maximum atomic E-state index is 13.7. The monoisotopic (exact) mass is 261 g/mol. The van der Waals surface area contributed by atoms with E-state index in [2.05, 4.69) is 18.3 Å². The lowest BCUT2D eigenvalue weighted by Crippen LogP contribution is -2.24. The molecule has 1 aromatic rings. The van der Waals surface area contributed by atoms with E-state index in [4.69, 9.17) is 0 Å². The zero-order chi connectivity index (χ0) is 13.4. The first kappa shape index (κ1) is 13.1. The van der Waals surface area contributed by atoms with Gasteiger partial charge in [-0.1, -0.05) is 25.8 Å². The largest absolute Gasteiger partial charge is 0.310 e. The molecule has 0 radical (unpaired) electrons. The molecular weight excluding hydrogens is 237 g/mol. The van der Waals surface area contributed by atoms with Crippen LogP contribution >= 0.6 is 0 Å². The first-order valence-electron chi connectivity index (χ1n) is 7.71. The topological polar surface area (TPSA) is 12.0 Å². The SMILES string of the molecule is CCNC(c1cc(C)cc(F)c1)C1C2CCCCC21. The van der Waals surface area contributed by atoms with E-state index in [0.29, 0.717) is 6.04 Å². The Morgan fingerprint density at radius 3 is 2.47 bits per heavy atom. The predicted octanol–water partition coefficient (Wildman–Crippen LogP) is 4.22. The van der Waals surface area contributed by atoms with Crippen LogP contribution in [0.5, 0.6) is 0 Å². The molecule has 0 aromatic heterocycles. The highest BCUT2D eigenvalue weighted by atomic mass is 19.1. The first-order valence-corrected chi connectivity index (χ1v) is 7.71. The number of halogens is 1. The van der Waals surface area contributed by atoms with Crippen LogP contribution in [-0.2, 0) is 0 Å². The summed E-state index contributed by atoms with van der Waals surface area (Å²) in [5, 5.41) is 3.60. The number of nitrogens with one attached hydrogen (secondary N) is 1. The number of fused-ring (bicyclic) bond motifs is 1. The van der Waals surface area contributed by atoms with Gasteiger partial charge in [0.1, 0.15) is 5.82 Å². The quantitative estimate of drug-likeness (QED) is 0.855. The summed E-state index contributed by atoms with van der Waals surface area (Å²) < 4.78 is 13.7. The van der Waals surface area contributed by atoms with Crippen molar-refractivity contribution in [2.75, 3.05) is 6.54 Å². The van der Waals surface area contributed by atoms with E-state index in [-0.39, 0.29) is 5.82 Å². The molecule has 1 N–H and O–H groups in total. The second kappa shape index (κ2) is 5.24. The molecule has 3 rings (SSSR count). The maximum Gasteiger partial charge on any atom is 0.123 e. The van der Waals surface area contributed by atoms with Gasteiger partial charge in [0.15, 0.2) is 0 Å². The van der Waals surface area contributed by atoms with Crippen LogP contribution in [0.3, 0.4) is 0 Å². The van der Waals surface area contributed by atoms with Crippen LogP contribution in [0.2, 0.25) is 0 Å². The Hall–Kier alpha value is -0.890. The Kier molecular flexibility index (Phi) is 3.62. The van der Waals surface area contributed by atoms with Crippen molar-refractivity contribution in [3.05, 3.63) is 35.1 Å². The van der Waals surface area contributed by atoms with E-state index in [0.717, 1.165) is 35.4 Å². The van der Waals surface area contributed by atoms with E-state index in [1.807, 2.05) is 6.92 Å². The third kappa shape index (κ3) is 2.55. The lowest BCUT2D eigenvalue weighted by atomic mass is 9.98. The molecule has 2 aliphatic rings. The van der Waals surface area contributed by atoms with Crippen LogP contribution in [-0.4, -0.2) is 6.54 Å². The molecule has 1 aromatic carbocycles. The number of hydrogen-bond donors (Lipinski definition) is 1. The molecule has 2 saturated carbocycles.